The standard InChI is InChI=1S/C30H34N2O3/c1-18-28(33)22(15-25-23-8-2-3-9-24(23)30(34)35-29(18)25)17-32-12-6-7-19-13-20-14-21(27(19)32)16-31-11-5-4-10-26(20)31/h2-3,8-9,13,15,20-21,26-27,33H,4-7,10-12,14,16-17H2,1H3/t20?,21?,26-,27-/m1/s1. The number of rotatable bonds is 2. The Hall–Kier alpha value is -2.63. The first kappa shape index (κ1) is 21.6. The van der Waals surface area contributed by atoms with Crippen LogP contribution in [0.1, 0.15) is 49.7 Å². The molecule has 0 radical (unpaired) electrons. The smallest absolute Gasteiger partial charge is 0.344 e. The number of aromatic hydroxyl groups is 1. The summed E-state index contributed by atoms with van der Waals surface area (Å²) in [5.74, 6) is 1.67. The molecule has 3 fully saturated rings. The van der Waals surface area contributed by atoms with Crippen molar-refractivity contribution in [2.45, 2.75) is 64.1 Å². The molecule has 0 spiro atoms. The lowest BCUT2D eigenvalue weighted by Gasteiger charge is -2.54. The highest BCUT2D eigenvalue weighted by molar-refractivity contribution is 6.06. The molecule has 2 unspecified atom stereocenters. The quantitative estimate of drug-likeness (QED) is 0.311. The summed E-state index contributed by atoms with van der Waals surface area (Å²) in [5, 5.41) is 13.6. The first-order chi connectivity index (χ1) is 17.1. The minimum Gasteiger partial charge on any atom is -0.507 e. The Morgan fingerprint density at radius 3 is 2.83 bits per heavy atom. The summed E-state index contributed by atoms with van der Waals surface area (Å²) in [6.07, 6.45) is 10.5. The fraction of sp³-hybridized carbons (Fsp3) is 0.500. The van der Waals surface area contributed by atoms with Gasteiger partial charge in [0, 0.05) is 41.7 Å². The van der Waals surface area contributed by atoms with Gasteiger partial charge < -0.3 is 9.52 Å². The molecule has 4 aliphatic rings. The fourth-order valence-corrected chi connectivity index (χ4v) is 7.83. The van der Waals surface area contributed by atoms with Gasteiger partial charge >= 0.3 is 5.63 Å². The number of phenols is 1. The number of aryl methyl sites for hydroxylation is 1. The van der Waals surface area contributed by atoms with Gasteiger partial charge in [0.15, 0.2) is 0 Å². The van der Waals surface area contributed by atoms with Crippen LogP contribution in [0.5, 0.6) is 5.75 Å². The van der Waals surface area contributed by atoms with E-state index >= 15 is 0 Å². The monoisotopic (exact) mass is 470 g/mol. The average molecular weight is 471 g/mol. The van der Waals surface area contributed by atoms with Gasteiger partial charge in [-0.15, -0.1) is 0 Å². The Morgan fingerprint density at radius 2 is 1.94 bits per heavy atom. The maximum Gasteiger partial charge on any atom is 0.344 e. The van der Waals surface area contributed by atoms with Crippen molar-refractivity contribution >= 4 is 21.7 Å². The highest BCUT2D eigenvalue weighted by Gasteiger charge is 2.45. The zero-order valence-electron chi connectivity index (χ0n) is 20.5. The number of phenolic OH excluding ortho intramolecular Hbond substituents is 1. The van der Waals surface area contributed by atoms with E-state index in [2.05, 4.69) is 21.9 Å². The minimum atomic E-state index is -0.348. The van der Waals surface area contributed by atoms with Crippen LogP contribution in [-0.4, -0.2) is 46.6 Å². The maximum atomic E-state index is 12.6. The molecule has 1 aliphatic carbocycles. The number of hydrogen-bond donors (Lipinski definition) is 1. The first-order valence-electron chi connectivity index (χ1n) is 13.4. The molecular weight excluding hydrogens is 436 g/mol. The van der Waals surface area contributed by atoms with Crippen molar-refractivity contribution in [3.63, 3.8) is 0 Å². The normalized spacial score (nSPS) is 29.1. The van der Waals surface area contributed by atoms with Gasteiger partial charge in [0.25, 0.3) is 0 Å². The maximum absolute atomic E-state index is 12.6. The van der Waals surface area contributed by atoms with Gasteiger partial charge in [-0.1, -0.05) is 36.3 Å². The first-order valence-corrected chi connectivity index (χ1v) is 13.4. The minimum absolute atomic E-state index is 0.264. The summed E-state index contributed by atoms with van der Waals surface area (Å²) in [7, 11) is 0. The summed E-state index contributed by atoms with van der Waals surface area (Å²) < 4.78 is 5.68. The molecule has 0 saturated carbocycles. The van der Waals surface area contributed by atoms with E-state index in [4.69, 9.17) is 4.42 Å². The summed E-state index contributed by atoms with van der Waals surface area (Å²) >= 11 is 0. The number of hydrogen-bond acceptors (Lipinski definition) is 5. The van der Waals surface area contributed by atoms with Crippen molar-refractivity contribution in [2.24, 2.45) is 11.8 Å². The molecule has 35 heavy (non-hydrogen) atoms. The van der Waals surface area contributed by atoms with Crippen molar-refractivity contribution in [3.05, 3.63) is 63.5 Å². The largest absolute Gasteiger partial charge is 0.507 e. The zero-order chi connectivity index (χ0) is 23.7. The predicted molar refractivity (Wildman–Crippen MR) is 139 cm³/mol. The van der Waals surface area contributed by atoms with Crippen LogP contribution in [-0.2, 0) is 6.54 Å². The van der Waals surface area contributed by atoms with E-state index in [1.54, 1.807) is 5.57 Å². The van der Waals surface area contributed by atoms with E-state index in [9.17, 15) is 9.90 Å². The Balaban J connectivity index is 1.28. The lowest BCUT2D eigenvalue weighted by molar-refractivity contribution is -0.00277. The lowest BCUT2D eigenvalue weighted by atomic mass is 9.68. The molecule has 1 aromatic heterocycles. The van der Waals surface area contributed by atoms with Gasteiger partial charge in [0.1, 0.15) is 11.3 Å². The van der Waals surface area contributed by atoms with Crippen LogP contribution in [0.3, 0.4) is 0 Å². The molecule has 1 N–H and O–H groups in total. The lowest BCUT2D eigenvalue weighted by Crippen LogP contribution is -2.58. The fourth-order valence-electron chi connectivity index (χ4n) is 7.83. The van der Waals surface area contributed by atoms with E-state index < -0.39 is 0 Å². The van der Waals surface area contributed by atoms with Gasteiger partial charge in [0.05, 0.1) is 5.39 Å². The van der Waals surface area contributed by atoms with E-state index in [1.165, 1.54) is 51.6 Å². The number of likely N-dealkylation sites (tertiary alicyclic amines) is 1. The van der Waals surface area contributed by atoms with Crippen molar-refractivity contribution in [3.8, 4) is 5.75 Å². The number of fused-ring (bicyclic) bond motifs is 9. The number of benzene rings is 2. The van der Waals surface area contributed by atoms with Gasteiger partial charge in [-0.2, -0.15) is 0 Å². The highest BCUT2D eigenvalue weighted by atomic mass is 16.4. The average Bonchev–Trinajstić information content (AvgIpc) is 2.88. The molecule has 5 nitrogen and oxygen atoms in total. The molecule has 0 amide bonds. The molecule has 5 heteroatoms. The van der Waals surface area contributed by atoms with Crippen molar-refractivity contribution in [1.82, 2.24) is 9.80 Å². The van der Waals surface area contributed by atoms with E-state index in [0.717, 1.165) is 41.4 Å². The second-order valence-electron chi connectivity index (χ2n) is 11.3. The highest BCUT2D eigenvalue weighted by Crippen LogP contribution is 2.46. The second kappa shape index (κ2) is 8.21. The van der Waals surface area contributed by atoms with Crippen LogP contribution >= 0.6 is 0 Å². The van der Waals surface area contributed by atoms with Gasteiger partial charge in [0.2, 0.25) is 0 Å². The molecule has 2 aromatic carbocycles. The van der Waals surface area contributed by atoms with Crippen LogP contribution in [0.4, 0.5) is 0 Å². The van der Waals surface area contributed by atoms with Crippen molar-refractivity contribution in [2.75, 3.05) is 19.6 Å². The summed E-state index contributed by atoms with van der Waals surface area (Å²) in [6.45, 7) is 6.13. The van der Waals surface area contributed by atoms with Crippen LogP contribution in [0.2, 0.25) is 0 Å². The van der Waals surface area contributed by atoms with Gasteiger partial charge in [-0.25, -0.2) is 4.79 Å². The molecular formula is C30H34N2O3. The molecule has 3 saturated heterocycles. The third-order valence-electron chi connectivity index (χ3n) is 9.33. The third-order valence-corrected chi connectivity index (χ3v) is 9.33. The van der Waals surface area contributed by atoms with Crippen LogP contribution in [0.25, 0.3) is 21.7 Å². The van der Waals surface area contributed by atoms with E-state index in [1.807, 2.05) is 31.2 Å². The Kier molecular flexibility index (Phi) is 5.07. The van der Waals surface area contributed by atoms with Crippen molar-refractivity contribution < 1.29 is 9.52 Å². The molecule has 4 heterocycles. The molecule has 7 rings (SSSR count). The number of nitrogens with zero attached hydrogens (tertiary/aromatic N) is 2. The Bertz CT molecular complexity index is 1410. The van der Waals surface area contributed by atoms with Crippen molar-refractivity contribution in [1.29, 1.82) is 0 Å². The second-order valence-corrected chi connectivity index (χ2v) is 11.3. The molecule has 3 aromatic rings. The Morgan fingerprint density at radius 1 is 1.09 bits per heavy atom. The van der Waals surface area contributed by atoms with Crippen LogP contribution in [0.15, 0.2) is 51.2 Å². The van der Waals surface area contributed by atoms with Gasteiger partial charge in [-0.3, -0.25) is 9.80 Å². The van der Waals surface area contributed by atoms with Crippen LogP contribution < -0.4 is 5.63 Å². The molecule has 4 atom stereocenters. The molecule has 182 valence electrons. The summed E-state index contributed by atoms with van der Waals surface area (Å²) in [6, 6.07) is 10.9. The topological polar surface area (TPSA) is 56.9 Å². The molecule has 2 bridgehead atoms. The molecule has 3 aliphatic heterocycles. The predicted octanol–water partition coefficient (Wildman–Crippen LogP) is 5.36. The SMILES string of the molecule is Cc1c(O)c(CN2CCCC3=CC4CC(CN5CCCC[C@H]45)[C@@H]32)cc2c1oc(=O)c1ccccc12. The third kappa shape index (κ3) is 3.39. The zero-order valence-corrected chi connectivity index (χ0v) is 20.5. The van der Waals surface area contributed by atoms with E-state index in [0.29, 0.717) is 28.5 Å². The summed E-state index contributed by atoms with van der Waals surface area (Å²) in [5.41, 5.74) is 3.39. The Labute approximate surface area is 206 Å². The van der Waals surface area contributed by atoms with E-state index in [-0.39, 0.29) is 11.4 Å². The summed E-state index contributed by atoms with van der Waals surface area (Å²) in [4.78, 5) is 18.0. The van der Waals surface area contributed by atoms with Gasteiger partial charge in [-0.05, 0) is 81.5 Å². The van der Waals surface area contributed by atoms with Crippen LogP contribution in [0, 0.1) is 18.8 Å². The number of piperidine rings is 3.